The van der Waals surface area contributed by atoms with E-state index in [9.17, 15) is 4.79 Å². The largest absolute Gasteiger partial charge is 0.454 e. The van der Waals surface area contributed by atoms with Gasteiger partial charge >= 0.3 is 0 Å². The number of hydrogen-bond acceptors (Lipinski definition) is 3. The number of carbonyl (C=O) groups excluding carboxylic acids is 1. The molecule has 5 heteroatoms. The van der Waals surface area contributed by atoms with Crippen LogP contribution >= 0.6 is 15.9 Å². The van der Waals surface area contributed by atoms with Crippen LogP contribution in [0.3, 0.4) is 0 Å². The van der Waals surface area contributed by atoms with Crippen molar-refractivity contribution >= 4 is 21.8 Å². The van der Waals surface area contributed by atoms with E-state index in [4.69, 9.17) is 9.47 Å². The molecule has 0 saturated carbocycles. The molecule has 1 heterocycles. The highest BCUT2D eigenvalue weighted by atomic mass is 79.9. The highest BCUT2D eigenvalue weighted by molar-refractivity contribution is 9.10. The van der Waals surface area contributed by atoms with Gasteiger partial charge in [0.15, 0.2) is 11.5 Å². The molecule has 1 aliphatic rings. The fraction of sp³-hybridized carbons (Fsp3) is 0.188. The van der Waals surface area contributed by atoms with Gasteiger partial charge in [-0.25, -0.2) is 0 Å². The average Bonchev–Trinajstić information content (AvgIpc) is 2.94. The van der Waals surface area contributed by atoms with E-state index in [0.29, 0.717) is 12.1 Å². The molecule has 2 aromatic rings. The number of aryl methyl sites for hydroxylation is 1. The van der Waals surface area contributed by atoms with Crippen molar-refractivity contribution < 1.29 is 14.3 Å². The van der Waals surface area contributed by atoms with Crippen LogP contribution in [0.2, 0.25) is 0 Å². The van der Waals surface area contributed by atoms with E-state index in [2.05, 4.69) is 21.2 Å². The number of rotatable bonds is 3. The fourth-order valence-corrected chi connectivity index (χ4v) is 2.57. The lowest BCUT2D eigenvalue weighted by Gasteiger charge is -2.08. The van der Waals surface area contributed by atoms with Gasteiger partial charge in [0.1, 0.15) is 0 Å². The zero-order chi connectivity index (χ0) is 14.8. The van der Waals surface area contributed by atoms with Gasteiger partial charge in [0.2, 0.25) is 6.79 Å². The minimum Gasteiger partial charge on any atom is -0.454 e. The fourth-order valence-electron chi connectivity index (χ4n) is 2.14. The molecule has 0 saturated heterocycles. The second-order valence-corrected chi connectivity index (χ2v) is 5.71. The predicted molar refractivity (Wildman–Crippen MR) is 82.6 cm³/mol. The van der Waals surface area contributed by atoms with E-state index < -0.39 is 0 Å². The first-order chi connectivity index (χ1) is 10.1. The second kappa shape index (κ2) is 5.77. The zero-order valence-electron chi connectivity index (χ0n) is 11.5. The lowest BCUT2D eigenvalue weighted by atomic mass is 10.1. The molecule has 0 unspecified atom stereocenters. The monoisotopic (exact) mass is 347 g/mol. The molecule has 0 radical (unpaired) electrons. The maximum Gasteiger partial charge on any atom is 0.252 e. The lowest BCUT2D eigenvalue weighted by molar-refractivity contribution is 0.0950. The molecular weight excluding hydrogens is 334 g/mol. The molecule has 108 valence electrons. The van der Waals surface area contributed by atoms with Gasteiger partial charge < -0.3 is 14.8 Å². The van der Waals surface area contributed by atoms with Crippen LogP contribution in [0.15, 0.2) is 40.9 Å². The van der Waals surface area contributed by atoms with Crippen molar-refractivity contribution in [2.75, 3.05) is 6.79 Å². The van der Waals surface area contributed by atoms with Gasteiger partial charge in [0.05, 0.1) is 5.56 Å². The van der Waals surface area contributed by atoms with Crippen LogP contribution < -0.4 is 14.8 Å². The third-order valence-electron chi connectivity index (χ3n) is 3.26. The number of benzene rings is 2. The Hall–Kier alpha value is -2.01. The first kappa shape index (κ1) is 13.9. The number of ether oxygens (including phenoxy) is 2. The molecule has 0 aliphatic carbocycles. The topological polar surface area (TPSA) is 47.6 Å². The van der Waals surface area contributed by atoms with Gasteiger partial charge in [0.25, 0.3) is 5.91 Å². The Morgan fingerprint density at radius 2 is 2.00 bits per heavy atom. The number of hydrogen-bond donors (Lipinski definition) is 1. The van der Waals surface area contributed by atoms with Gasteiger partial charge in [-0.15, -0.1) is 0 Å². The van der Waals surface area contributed by atoms with Crippen molar-refractivity contribution in [1.29, 1.82) is 0 Å². The highest BCUT2D eigenvalue weighted by Gasteiger charge is 2.14. The number of halogens is 1. The van der Waals surface area contributed by atoms with Gasteiger partial charge in [-0.05, 0) is 52.7 Å². The molecule has 0 spiro atoms. The van der Waals surface area contributed by atoms with Crippen molar-refractivity contribution in [3.8, 4) is 11.5 Å². The Morgan fingerprint density at radius 1 is 1.19 bits per heavy atom. The summed E-state index contributed by atoms with van der Waals surface area (Å²) < 4.78 is 11.4. The molecule has 0 fully saturated rings. The quantitative estimate of drug-likeness (QED) is 0.925. The van der Waals surface area contributed by atoms with Crippen LogP contribution in [0.4, 0.5) is 0 Å². The summed E-state index contributed by atoms with van der Waals surface area (Å²) in [6.07, 6.45) is 0. The van der Waals surface area contributed by atoms with E-state index in [1.807, 2.05) is 43.3 Å². The van der Waals surface area contributed by atoms with E-state index >= 15 is 0 Å². The molecule has 4 nitrogen and oxygen atoms in total. The van der Waals surface area contributed by atoms with Crippen LogP contribution in [0, 0.1) is 6.92 Å². The summed E-state index contributed by atoms with van der Waals surface area (Å²) >= 11 is 3.40. The molecule has 1 amide bonds. The maximum absolute atomic E-state index is 12.2. The number of carbonyl (C=O) groups is 1. The Labute approximate surface area is 131 Å². The van der Waals surface area contributed by atoms with E-state index in [1.165, 1.54) is 0 Å². The lowest BCUT2D eigenvalue weighted by Crippen LogP contribution is -2.23. The standard InChI is InChI=1S/C16H14BrNO3/c1-10-2-4-13(17)12(6-10)16(19)18-8-11-3-5-14-15(7-11)21-9-20-14/h2-7H,8-9H2,1H3,(H,18,19). The third-order valence-corrected chi connectivity index (χ3v) is 3.95. The van der Waals surface area contributed by atoms with Gasteiger partial charge in [-0.3, -0.25) is 4.79 Å². The maximum atomic E-state index is 12.2. The van der Waals surface area contributed by atoms with Gasteiger partial charge in [0, 0.05) is 11.0 Å². The number of nitrogens with one attached hydrogen (secondary N) is 1. The van der Waals surface area contributed by atoms with Crippen molar-refractivity contribution in [3.05, 3.63) is 57.6 Å². The molecule has 3 rings (SSSR count). The molecule has 0 atom stereocenters. The average molecular weight is 348 g/mol. The van der Waals surface area contributed by atoms with Crippen molar-refractivity contribution in [3.63, 3.8) is 0 Å². The van der Waals surface area contributed by atoms with Crippen LogP contribution in [0.5, 0.6) is 11.5 Å². The first-order valence-corrected chi connectivity index (χ1v) is 7.35. The Balaban J connectivity index is 1.70. The summed E-state index contributed by atoms with van der Waals surface area (Å²) in [6.45, 7) is 2.65. The summed E-state index contributed by atoms with van der Waals surface area (Å²) in [4.78, 5) is 12.2. The third kappa shape index (κ3) is 3.03. The summed E-state index contributed by atoms with van der Waals surface area (Å²) in [7, 11) is 0. The molecule has 0 aromatic heterocycles. The zero-order valence-corrected chi connectivity index (χ0v) is 13.1. The van der Waals surface area contributed by atoms with Crippen molar-refractivity contribution in [2.45, 2.75) is 13.5 Å². The smallest absolute Gasteiger partial charge is 0.252 e. The molecular formula is C16H14BrNO3. The Morgan fingerprint density at radius 3 is 2.86 bits per heavy atom. The summed E-state index contributed by atoms with van der Waals surface area (Å²) in [5.41, 5.74) is 2.65. The molecule has 21 heavy (non-hydrogen) atoms. The van der Waals surface area contributed by atoms with E-state index in [1.54, 1.807) is 0 Å². The van der Waals surface area contributed by atoms with Gasteiger partial charge in [-0.1, -0.05) is 17.7 Å². The van der Waals surface area contributed by atoms with Crippen LogP contribution in [0.25, 0.3) is 0 Å². The molecule has 2 aromatic carbocycles. The van der Waals surface area contributed by atoms with E-state index in [0.717, 1.165) is 27.1 Å². The SMILES string of the molecule is Cc1ccc(Br)c(C(=O)NCc2ccc3c(c2)OCO3)c1. The summed E-state index contributed by atoms with van der Waals surface area (Å²) in [5, 5.41) is 2.91. The Bertz CT molecular complexity index is 700. The van der Waals surface area contributed by atoms with Crippen LogP contribution in [-0.4, -0.2) is 12.7 Å². The van der Waals surface area contributed by atoms with Crippen molar-refractivity contribution in [2.24, 2.45) is 0 Å². The van der Waals surface area contributed by atoms with Gasteiger partial charge in [-0.2, -0.15) is 0 Å². The second-order valence-electron chi connectivity index (χ2n) is 4.85. The summed E-state index contributed by atoms with van der Waals surface area (Å²) in [5.74, 6) is 1.35. The van der Waals surface area contributed by atoms with Crippen LogP contribution in [0.1, 0.15) is 21.5 Å². The normalized spacial score (nSPS) is 12.3. The number of fused-ring (bicyclic) bond motifs is 1. The van der Waals surface area contributed by atoms with E-state index in [-0.39, 0.29) is 12.7 Å². The minimum absolute atomic E-state index is 0.108. The first-order valence-electron chi connectivity index (χ1n) is 6.56. The highest BCUT2D eigenvalue weighted by Crippen LogP contribution is 2.32. The Kier molecular flexibility index (Phi) is 3.84. The predicted octanol–water partition coefficient (Wildman–Crippen LogP) is 3.42. The molecule has 1 aliphatic heterocycles. The number of amides is 1. The molecule has 0 bridgehead atoms. The summed E-state index contributed by atoms with van der Waals surface area (Å²) in [6, 6.07) is 11.3. The molecule has 1 N–H and O–H groups in total. The van der Waals surface area contributed by atoms with Crippen LogP contribution in [-0.2, 0) is 6.54 Å². The minimum atomic E-state index is -0.108. The van der Waals surface area contributed by atoms with Crippen molar-refractivity contribution in [1.82, 2.24) is 5.32 Å².